The Kier molecular flexibility index (Phi) is 3.55. The molecule has 1 amide bonds. The van der Waals surface area contributed by atoms with Crippen LogP contribution < -0.4 is 20.1 Å². The maximum atomic E-state index is 11.6. The molecule has 2 aliphatic rings. The fraction of sp³-hybridized carbons (Fsp3) is 0.500. The second-order valence-electron chi connectivity index (χ2n) is 4.96. The molecule has 0 radical (unpaired) electrons. The van der Waals surface area contributed by atoms with Gasteiger partial charge in [-0.15, -0.1) is 0 Å². The van der Waals surface area contributed by atoms with Gasteiger partial charge in [0.05, 0.1) is 13.1 Å². The molecule has 3 rings (SSSR count). The minimum atomic E-state index is -0.125. The molecule has 102 valence electrons. The van der Waals surface area contributed by atoms with Crippen LogP contribution in [0.4, 0.5) is 0 Å². The SMILES string of the molecule is O=C(CNC1CC1)NCC1COc2ccccc2O1. The van der Waals surface area contributed by atoms with Crippen molar-refractivity contribution in [2.75, 3.05) is 19.7 Å². The summed E-state index contributed by atoms with van der Waals surface area (Å²) in [6.07, 6.45) is 2.24. The molecule has 0 aromatic heterocycles. The van der Waals surface area contributed by atoms with Gasteiger partial charge >= 0.3 is 0 Å². The lowest BCUT2D eigenvalue weighted by Crippen LogP contribution is -2.43. The van der Waals surface area contributed by atoms with E-state index in [1.54, 1.807) is 0 Å². The maximum absolute atomic E-state index is 11.6. The molecule has 1 saturated carbocycles. The Morgan fingerprint density at radius 1 is 1.26 bits per heavy atom. The number of para-hydroxylation sites is 2. The first kappa shape index (κ1) is 12.3. The summed E-state index contributed by atoms with van der Waals surface area (Å²) in [5.74, 6) is 1.51. The zero-order valence-electron chi connectivity index (χ0n) is 10.7. The molecule has 0 saturated heterocycles. The quantitative estimate of drug-likeness (QED) is 0.820. The van der Waals surface area contributed by atoms with Crippen LogP contribution in [-0.4, -0.2) is 37.7 Å². The highest BCUT2D eigenvalue weighted by molar-refractivity contribution is 5.78. The van der Waals surface area contributed by atoms with Crippen LogP contribution in [0.25, 0.3) is 0 Å². The number of rotatable bonds is 5. The standard InChI is InChI=1S/C14H18N2O3/c17-14(8-15-10-5-6-10)16-7-11-9-18-12-3-1-2-4-13(12)19-11/h1-4,10-11,15H,5-9H2,(H,16,17). The highest BCUT2D eigenvalue weighted by atomic mass is 16.6. The van der Waals surface area contributed by atoms with E-state index in [4.69, 9.17) is 9.47 Å². The second-order valence-corrected chi connectivity index (χ2v) is 4.96. The Morgan fingerprint density at radius 2 is 2.05 bits per heavy atom. The summed E-state index contributed by atoms with van der Waals surface area (Å²) < 4.78 is 11.3. The smallest absolute Gasteiger partial charge is 0.234 e. The van der Waals surface area contributed by atoms with Crippen LogP contribution >= 0.6 is 0 Å². The van der Waals surface area contributed by atoms with Crippen LogP contribution in [0.2, 0.25) is 0 Å². The monoisotopic (exact) mass is 262 g/mol. The van der Waals surface area contributed by atoms with Gasteiger partial charge in [0.15, 0.2) is 11.5 Å². The Morgan fingerprint density at radius 3 is 2.84 bits per heavy atom. The highest BCUT2D eigenvalue weighted by Crippen LogP contribution is 2.30. The molecule has 5 nitrogen and oxygen atoms in total. The number of hydrogen-bond acceptors (Lipinski definition) is 4. The average molecular weight is 262 g/mol. The van der Waals surface area contributed by atoms with Crippen molar-refractivity contribution in [1.29, 1.82) is 0 Å². The van der Waals surface area contributed by atoms with Gasteiger partial charge in [0, 0.05) is 6.04 Å². The molecule has 1 aliphatic heterocycles. The topological polar surface area (TPSA) is 59.6 Å². The van der Waals surface area contributed by atoms with Crippen molar-refractivity contribution < 1.29 is 14.3 Å². The van der Waals surface area contributed by atoms with Crippen LogP contribution in [-0.2, 0) is 4.79 Å². The first-order valence-electron chi connectivity index (χ1n) is 6.70. The second kappa shape index (κ2) is 5.48. The zero-order valence-corrected chi connectivity index (χ0v) is 10.7. The summed E-state index contributed by atoms with van der Waals surface area (Å²) in [5.41, 5.74) is 0. The minimum Gasteiger partial charge on any atom is -0.486 e. The average Bonchev–Trinajstić information content (AvgIpc) is 3.27. The van der Waals surface area contributed by atoms with E-state index in [1.165, 1.54) is 12.8 Å². The third-order valence-corrected chi connectivity index (χ3v) is 3.22. The van der Waals surface area contributed by atoms with Crippen molar-refractivity contribution in [2.45, 2.75) is 25.0 Å². The van der Waals surface area contributed by atoms with Crippen LogP contribution in [0.15, 0.2) is 24.3 Å². The van der Waals surface area contributed by atoms with E-state index >= 15 is 0 Å². The van der Waals surface area contributed by atoms with Gasteiger partial charge < -0.3 is 20.1 Å². The molecule has 0 bridgehead atoms. The van der Waals surface area contributed by atoms with Gasteiger partial charge in [0.25, 0.3) is 0 Å². The van der Waals surface area contributed by atoms with Crippen LogP contribution in [0.1, 0.15) is 12.8 Å². The Hall–Kier alpha value is -1.75. The molecule has 1 aromatic rings. The van der Waals surface area contributed by atoms with Crippen molar-refractivity contribution in [3.8, 4) is 11.5 Å². The summed E-state index contributed by atoms with van der Waals surface area (Å²) >= 11 is 0. The molecular weight excluding hydrogens is 244 g/mol. The maximum Gasteiger partial charge on any atom is 0.234 e. The number of nitrogens with one attached hydrogen (secondary N) is 2. The highest BCUT2D eigenvalue weighted by Gasteiger charge is 2.23. The van der Waals surface area contributed by atoms with E-state index in [0.717, 1.165) is 11.5 Å². The Bertz CT molecular complexity index is 460. The van der Waals surface area contributed by atoms with E-state index in [2.05, 4.69) is 10.6 Å². The molecule has 1 atom stereocenters. The molecule has 1 fully saturated rings. The van der Waals surface area contributed by atoms with Crippen molar-refractivity contribution in [1.82, 2.24) is 10.6 Å². The number of hydrogen-bond donors (Lipinski definition) is 2. The lowest BCUT2D eigenvalue weighted by molar-refractivity contribution is -0.120. The normalized spacial score (nSPS) is 20.9. The summed E-state index contributed by atoms with van der Waals surface area (Å²) in [4.78, 5) is 11.6. The Balaban J connectivity index is 1.42. The van der Waals surface area contributed by atoms with Crippen molar-refractivity contribution >= 4 is 5.91 Å². The third-order valence-electron chi connectivity index (χ3n) is 3.22. The zero-order chi connectivity index (χ0) is 13.1. The number of carbonyl (C=O) groups excluding carboxylic acids is 1. The number of fused-ring (bicyclic) bond motifs is 1. The largest absolute Gasteiger partial charge is 0.486 e. The van der Waals surface area contributed by atoms with E-state index in [1.807, 2.05) is 24.3 Å². The van der Waals surface area contributed by atoms with E-state index < -0.39 is 0 Å². The summed E-state index contributed by atoms with van der Waals surface area (Å²) in [5, 5.41) is 6.04. The van der Waals surface area contributed by atoms with Crippen LogP contribution in [0.3, 0.4) is 0 Å². The van der Waals surface area contributed by atoms with E-state index in [9.17, 15) is 4.79 Å². The van der Waals surface area contributed by atoms with Gasteiger partial charge in [0.1, 0.15) is 12.7 Å². The fourth-order valence-electron chi connectivity index (χ4n) is 1.98. The fourth-order valence-corrected chi connectivity index (χ4v) is 1.98. The van der Waals surface area contributed by atoms with Crippen LogP contribution in [0, 0.1) is 0 Å². The van der Waals surface area contributed by atoms with Crippen molar-refractivity contribution in [2.24, 2.45) is 0 Å². The van der Waals surface area contributed by atoms with Gasteiger partial charge in [-0.2, -0.15) is 0 Å². The lowest BCUT2D eigenvalue weighted by atomic mass is 10.2. The molecular formula is C14H18N2O3. The van der Waals surface area contributed by atoms with E-state index in [0.29, 0.717) is 25.7 Å². The molecule has 19 heavy (non-hydrogen) atoms. The van der Waals surface area contributed by atoms with Crippen molar-refractivity contribution in [3.63, 3.8) is 0 Å². The summed E-state index contributed by atoms with van der Waals surface area (Å²) in [6.45, 7) is 1.32. The lowest BCUT2D eigenvalue weighted by Gasteiger charge is -2.26. The van der Waals surface area contributed by atoms with Crippen molar-refractivity contribution in [3.05, 3.63) is 24.3 Å². The molecule has 2 N–H and O–H groups in total. The van der Waals surface area contributed by atoms with Gasteiger partial charge in [-0.05, 0) is 25.0 Å². The number of benzene rings is 1. The molecule has 1 aromatic carbocycles. The third kappa shape index (κ3) is 3.38. The van der Waals surface area contributed by atoms with Gasteiger partial charge in [-0.3, -0.25) is 4.79 Å². The Labute approximate surface area is 112 Å². The first-order chi connectivity index (χ1) is 9.31. The van der Waals surface area contributed by atoms with Gasteiger partial charge in [-0.25, -0.2) is 0 Å². The first-order valence-corrected chi connectivity index (χ1v) is 6.70. The summed E-state index contributed by atoms with van der Waals surface area (Å²) in [6, 6.07) is 8.12. The predicted octanol–water partition coefficient (Wildman–Crippen LogP) is 0.695. The molecule has 1 heterocycles. The number of amides is 1. The van der Waals surface area contributed by atoms with Gasteiger partial charge in [0.2, 0.25) is 5.91 Å². The molecule has 5 heteroatoms. The van der Waals surface area contributed by atoms with Gasteiger partial charge in [-0.1, -0.05) is 12.1 Å². The minimum absolute atomic E-state index is 0.00867. The molecule has 1 unspecified atom stereocenters. The summed E-state index contributed by atoms with van der Waals surface area (Å²) in [7, 11) is 0. The predicted molar refractivity (Wildman–Crippen MR) is 70.4 cm³/mol. The number of carbonyl (C=O) groups is 1. The van der Waals surface area contributed by atoms with Crippen LogP contribution in [0.5, 0.6) is 11.5 Å². The molecule has 1 aliphatic carbocycles. The number of ether oxygens (including phenoxy) is 2. The molecule has 0 spiro atoms. The van der Waals surface area contributed by atoms with E-state index in [-0.39, 0.29) is 12.0 Å².